The monoisotopic (exact) mass is 288 g/mol. The van der Waals surface area contributed by atoms with Gasteiger partial charge < -0.3 is 4.74 Å². The summed E-state index contributed by atoms with van der Waals surface area (Å²) in [4.78, 5) is 11.1. The molecule has 5 atom stereocenters. The van der Waals surface area contributed by atoms with E-state index >= 15 is 0 Å². The summed E-state index contributed by atoms with van der Waals surface area (Å²) in [6, 6.07) is 0. The van der Waals surface area contributed by atoms with Crippen molar-refractivity contribution in [2.75, 3.05) is 6.61 Å². The van der Waals surface area contributed by atoms with E-state index in [1.54, 1.807) is 0 Å². The number of carbonyl (C=O) groups is 1. The van der Waals surface area contributed by atoms with Gasteiger partial charge in [-0.25, -0.2) is 0 Å². The highest BCUT2D eigenvalue weighted by Crippen LogP contribution is 2.71. The Bertz CT molecular complexity index is 527. The van der Waals surface area contributed by atoms with Crippen LogP contribution in [0, 0.1) is 16.7 Å². The molecule has 3 aliphatic rings. The molecule has 2 bridgehead atoms. The van der Waals surface area contributed by atoms with Gasteiger partial charge in [-0.15, -0.1) is 0 Å². The average Bonchev–Trinajstić information content (AvgIpc) is 2.84. The minimum Gasteiger partial charge on any atom is -0.465 e. The van der Waals surface area contributed by atoms with Crippen molar-refractivity contribution in [3.05, 3.63) is 0 Å². The van der Waals surface area contributed by atoms with E-state index in [2.05, 4.69) is 0 Å². The topological polar surface area (TPSA) is 69.7 Å². The Kier molecular flexibility index (Phi) is 2.62. The van der Waals surface area contributed by atoms with E-state index in [-0.39, 0.29) is 28.8 Å². The Morgan fingerprint density at radius 1 is 1.47 bits per heavy atom. The molecule has 5 nitrogen and oxygen atoms in total. The number of rotatable bonds is 3. The number of ether oxygens (including phenoxy) is 1. The van der Waals surface area contributed by atoms with E-state index in [9.17, 15) is 13.2 Å². The highest BCUT2D eigenvalue weighted by molar-refractivity contribution is 7.87. The maximum absolute atomic E-state index is 12.1. The van der Waals surface area contributed by atoms with Crippen LogP contribution in [0.4, 0.5) is 0 Å². The second-order valence-electron chi connectivity index (χ2n) is 6.40. The first-order valence-electron chi connectivity index (χ1n) is 6.83. The smallest absolute Gasteiger partial charge is 0.302 e. The largest absolute Gasteiger partial charge is 0.465 e. The highest BCUT2D eigenvalue weighted by Gasteiger charge is 2.76. The van der Waals surface area contributed by atoms with Gasteiger partial charge in [0.2, 0.25) is 0 Å². The lowest BCUT2D eigenvalue weighted by Crippen LogP contribution is -2.42. The van der Waals surface area contributed by atoms with Crippen LogP contribution in [0.1, 0.15) is 40.0 Å². The van der Waals surface area contributed by atoms with Crippen molar-refractivity contribution in [3.8, 4) is 0 Å². The molecule has 2 saturated carbocycles. The fourth-order valence-electron chi connectivity index (χ4n) is 4.68. The third-order valence-electron chi connectivity index (χ3n) is 5.71. The summed E-state index contributed by atoms with van der Waals surface area (Å²) < 4.78 is 34.9. The zero-order chi connectivity index (χ0) is 14.1. The van der Waals surface area contributed by atoms with Gasteiger partial charge in [0.1, 0.15) is 0 Å². The summed E-state index contributed by atoms with van der Waals surface area (Å²) in [5, 5.41) is -0.415. The number of hydrogen-bond acceptors (Lipinski definition) is 5. The lowest BCUT2D eigenvalue weighted by molar-refractivity contribution is -0.145. The van der Waals surface area contributed by atoms with Crippen LogP contribution in [0.2, 0.25) is 0 Å². The molecule has 108 valence electrons. The number of carbonyl (C=O) groups excluding carboxylic acids is 1. The lowest BCUT2D eigenvalue weighted by atomic mass is 9.72. The van der Waals surface area contributed by atoms with Crippen LogP contribution in [0.25, 0.3) is 0 Å². The number of hydrogen-bond donors (Lipinski definition) is 0. The molecule has 3 rings (SSSR count). The zero-order valence-electron chi connectivity index (χ0n) is 11.5. The second kappa shape index (κ2) is 3.73. The Morgan fingerprint density at radius 3 is 2.68 bits per heavy atom. The molecule has 6 heteroatoms. The molecule has 0 aromatic rings. The van der Waals surface area contributed by atoms with Crippen LogP contribution in [-0.4, -0.2) is 32.3 Å². The zero-order valence-corrected chi connectivity index (χ0v) is 12.3. The fourth-order valence-corrected chi connectivity index (χ4v) is 6.96. The SMILES string of the molecule is CCC12CC3(COC(C)=O)CC1S(=O)(=O)OC2C3C. The van der Waals surface area contributed by atoms with Crippen LogP contribution in [-0.2, 0) is 23.8 Å². The molecule has 1 aliphatic heterocycles. The predicted octanol–water partition coefficient (Wildman–Crippen LogP) is 1.47. The van der Waals surface area contributed by atoms with Crippen molar-refractivity contribution in [2.24, 2.45) is 16.7 Å². The molecule has 5 unspecified atom stereocenters. The molecule has 3 fully saturated rings. The first-order valence-corrected chi connectivity index (χ1v) is 8.30. The maximum atomic E-state index is 12.1. The number of esters is 1. The van der Waals surface area contributed by atoms with Gasteiger partial charge in [0.25, 0.3) is 10.1 Å². The van der Waals surface area contributed by atoms with Gasteiger partial charge >= 0.3 is 5.97 Å². The van der Waals surface area contributed by atoms with Crippen LogP contribution in [0.3, 0.4) is 0 Å². The molecule has 1 heterocycles. The van der Waals surface area contributed by atoms with Crippen LogP contribution < -0.4 is 0 Å². The Balaban J connectivity index is 1.99. The Labute approximate surface area is 113 Å². The van der Waals surface area contributed by atoms with Gasteiger partial charge in [-0.2, -0.15) is 8.42 Å². The van der Waals surface area contributed by atoms with Crippen molar-refractivity contribution in [2.45, 2.75) is 51.4 Å². The summed E-state index contributed by atoms with van der Waals surface area (Å²) >= 11 is 0. The minimum absolute atomic E-state index is 0.111. The van der Waals surface area contributed by atoms with E-state index in [1.807, 2.05) is 13.8 Å². The highest BCUT2D eigenvalue weighted by atomic mass is 32.2. The normalized spacial score (nSPS) is 49.5. The third kappa shape index (κ3) is 1.50. The van der Waals surface area contributed by atoms with Crippen molar-refractivity contribution in [1.82, 2.24) is 0 Å². The summed E-state index contributed by atoms with van der Waals surface area (Å²) in [5.74, 6) is -0.195. The molecule has 0 spiro atoms. The van der Waals surface area contributed by atoms with E-state index in [0.717, 1.165) is 12.8 Å². The van der Waals surface area contributed by atoms with E-state index in [4.69, 9.17) is 8.92 Å². The minimum atomic E-state index is -3.45. The first kappa shape index (κ1) is 13.4. The molecule has 0 aromatic heterocycles. The summed E-state index contributed by atoms with van der Waals surface area (Å²) in [6.07, 6.45) is 1.92. The molecular formula is C13H20O5S. The first-order chi connectivity index (χ1) is 8.77. The quantitative estimate of drug-likeness (QED) is 0.581. The average molecular weight is 288 g/mol. The molecular weight excluding hydrogens is 268 g/mol. The van der Waals surface area contributed by atoms with Gasteiger partial charge in [0.15, 0.2) is 0 Å². The molecule has 0 aromatic carbocycles. The third-order valence-corrected chi connectivity index (χ3v) is 7.52. The number of fused-ring (bicyclic) bond motifs is 1. The fraction of sp³-hybridized carbons (Fsp3) is 0.923. The second-order valence-corrected chi connectivity index (χ2v) is 8.14. The Morgan fingerprint density at radius 2 is 2.16 bits per heavy atom. The van der Waals surface area contributed by atoms with Crippen LogP contribution >= 0.6 is 0 Å². The van der Waals surface area contributed by atoms with Crippen LogP contribution in [0.15, 0.2) is 0 Å². The van der Waals surface area contributed by atoms with Crippen molar-refractivity contribution < 1.29 is 22.1 Å². The van der Waals surface area contributed by atoms with Crippen molar-refractivity contribution in [3.63, 3.8) is 0 Å². The predicted molar refractivity (Wildman–Crippen MR) is 67.8 cm³/mol. The van der Waals surface area contributed by atoms with Crippen molar-refractivity contribution in [1.29, 1.82) is 0 Å². The van der Waals surface area contributed by atoms with E-state index < -0.39 is 15.4 Å². The van der Waals surface area contributed by atoms with E-state index in [1.165, 1.54) is 6.92 Å². The van der Waals surface area contributed by atoms with Gasteiger partial charge in [-0.3, -0.25) is 8.98 Å². The summed E-state index contributed by atoms with van der Waals surface area (Å²) in [6.45, 7) is 5.77. The van der Waals surface area contributed by atoms with Gasteiger partial charge in [0.05, 0.1) is 18.0 Å². The molecule has 0 N–H and O–H groups in total. The molecule has 1 saturated heterocycles. The van der Waals surface area contributed by atoms with Crippen molar-refractivity contribution >= 4 is 16.1 Å². The van der Waals surface area contributed by atoms with E-state index in [0.29, 0.717) is 13.0 Å². The molecule has 0 radical (unpaired) electrons. The molecule has 2 aliphatic carbocycles. The molecule has 19 heavy (non-hydrogen) atoms. The van der Waals surface area contributed by atoms with Gasteiger partial charge in [-0.05, 0) is 25.2 Å². The van der Waals surface area contributed by atoms with Crippen LogP contribution in [0.5, 0.6) is 0 Å². The standard InChI is InChI=1S/C13H20O5S/c1-4-13-6-12(7-17-9(3)14)5-10(13)19(15,16)18-11(13)8(12)2/h8,10-11H,4-7H2,1-3H3. The van der Waals surface area contributed by atoms with Gasteiger partial charge in [-0.1, -0.05) is 13.8 Å². The summed E-state index contributed by atoms with van der Waals surface area (Å²) in [5.41, 5.74) is -0.487. The lowest BCUT2D eigenvalue weighted by Gasteiger charge is -2.35. The Hall–Kier alpha value is -0.620. The summed E-state index contributed by atoms with van der Waals surface area (Å²) in [7, 11) is -3.45. The molecule has 0 amide bonds. The van der Waals surface area contributed by atoms with Gasteiger partial charge in [0, 0.05) is 17.8 Å². The maximum Gasteiger partial charge on any atom is 0.302 e.